The lowest BCUT2D eigenvalue weighted by Gasteiger charge is -2.13. The van der Waals surface area contributed by atoms with Crippen LogP contribution >= 0.6 is 0 Å². The van der Waals surface area contributed by atoms with Gasteiger partial charge in [0.05, 0.1) is 25.6 Å². The highest BCUT2D eigenvalue weighted by Crippen LogP contribution is 1.83. The van der Waals surface area contributed by atoms with Crippen molar-refractivity contribution in [2.75, 3.05) is 32.8 Å². The summed E-state index contributed by atoms with van der Waals surface area (Å²) in [6, 6.07) is 2.01. The summed E-state index contributed by atoms with van der Waals surface area (Å²) in [4.78, 5) is 2.24. The van der Waals surface area contributed by atoms with Crippen LogP contribution in [0.1, 0.15) is 20.3 Å². The van der Waals surface area contributed by atoms with Gasteiger partial charge in [-0.25, -0.2) is 0 Å². The molecule has 0 amide bonds. The molecule has 0 aromatic heterocycles. The third kappa shape index (κ3) is 7.61. The van der Waals surface area contributed by atoms with Gasteiger partial charge in [0, 0.05) is 0 Å². The molecule has 3 heteroatoms. The molecule has 0 saturated carbocycles. The smallest absolute Gasteiger partial charge is 0.107 e. The van der Waals surface area contributed by atoms with Crippen LogP contribution in [0.2, 0.25) is 0 Å². The number of hydrogen-bond donors (Lipinski definition) is 0. The molecule has 0 fully saturated rings. The first-order valence-corrected chi connectivity index (χ1v) is 4.97. The van der Waals surface area contributed by atoms with Gasteiger partial charge < -0.3 is 4.74 Å². The zero-order valence-electron chi connectivity index (χ0n) is 9.05. The summed E-state index contributed by atoms with van der Waals surface area (Å²) < 4.78 is 5.11. The van der Waals surface area contributed by atoms with E-state index in [4.69, 9.17) is 10.00 Å². The average Bonchev–Trinajstić information content (AvgIpc) is 2.22. The molecule has 0 spiro atoms. The molecule has 0 aliphatic rings. The van der Waals surface area contributed by atoms with E-state index in [0.29, 0.717) is 19.6 Å². The fourth-order valence-electron chi connectivity index (χ4n) is 0.907. The number of nitrogens with zero attached hydrogens (tertiary/aromatic N) is 2. The van der Waals surface area contributed by atoms with Crippen LogP contribution in [0.25, 0.3) is 0 Å². The Hall–Kier alpha value is -1.03. The topological polar surface area (TPSA) is 36.3 Å². The Morgan fingerprint density at radius 3 is 2.50 bits per heavy atom. The van der Waals surface area contributed by atoms with Gasteiger partial charge in [0.25, 0.3) is 0 Å². The van der Waals surface area contributed by atoms with Crippen molar-refractivity contribution in [3.8, 4) is 17.9 Å². The molecular weight excluding hydrogens is 176 g/mol. The normalized spacial score (nSPS) is 9.29. The molecule has 14 heavy (non-hydrogen) atoms. The number of ether oxygens (including phenoxy) is 1. The second-order valence-corrected chi connectivity index (χ2v) is 2.78. The van der Waals surface area contributed by atoms with Crippen LogP contribution in [0.4, 0.5) is 0 Å². The van der Waals surface area contributed by atoms with Crippen molar-refractivity contribution < 1.29 is 4.74 Å². The fraction of sp³-hybridized carbons (Fsp3) is 0.727. The minimum atomic E-state index is 0.433. The van der Waals surface area contributed by atoms with Crippen molar-refractivity contribution in [2.24, 2.45) is 0 Å². The highest BCUT2D eigenvalue weighted by molar-refractivity contribution is 5.01. The molecule has 0 rings (SSSR count). The zero-order valence-corrected chi connectivity index (χ0v) is 9.05. The Bertz CT molecular complexity index is 218. The van der Waals surface area contributed by atoms with Gasteiger partial charge in [-0.05, 0) is 13.1 Å². The molecule has 78 valence electrons. The van der Waals surface area contributed by atoms with E-state index in [-0.39, 0.29) is 0 Å². The predicted molar refractivity (Wildman–Crippen MR) is 56.6 cm³/mol. The van der Waals surface area contributed by atoms with E-state index < -0.39 is 0 Å². The highest BCUT2D eigenvalue weighted by Gasteiger charge is 1.92. The van der Waals surface area contributed by atoms with E-state index in [9.17, 15) is 0 Å². The second kappa shape index (κ2) is 10.1. The summed E-state index contributed by atoms with van der Waals surface area (Å²) in [5.74, 6) is 5.95. The monoisotopic (exact) mass is 194 g/mol. The van der Waals surface area contributed by atoms with Gasteiger partial charge in [-0.1, -0.05) is 25.7 Å². The Balaban J connectivity index is 3.39. The van der Waals surface area contributed by atoms with E-state index >= 15 is 0 Å². The first kappa shape index (κ1) is 13.0. The minimum absolute atomic E-state index is 0.433. The molecule has 0 aliphatic carbocycles. The van der Waals surface area contributed by atoms with Gasteiger partial charge in [0.1, 0.15) is 6.61 Å². The van der Waals surface area contributed by atoms with Gasteiger partial charge >= 0.3 is 0 Å². The van der Waals surface area contributed by atoms with Gasteiger partial charge in [-0.3, -0.25) is 4.90 Å². The molecule has 0 aromatic rings. The van der Waals surface area contributed by atoms with Crippen LogP contribution in [0, 0.1) is 23.2 Å². The van der Waals surface area contributed by atoms with Crippen LogP contribution in [0.5, 0.6) is 0 Å². The van der Waals surface area contributed by atoms with Crippen LogP contribution in [0.3, 0.4) is 0 Å². The Morgan fingerprint density at radius 2 is 1.93 bits per heavy atom. The molecule has 0 unspecified atom stereocenters. The van der Waals surface area contributed by atoms with Crippen LogP contribution in [-0.4, -0.2) is 37.7 Å². The van der Waals surface area contributed by atoms with Crippen LogP contribution < -0.4 is 0 Å². The SMILES string of the molecule is CCN(CC)CC#CCOCCC#N. The van der Waals surface area contributed by atoms with Crippen molar-refractivity contribution >= 4 is 0 Å². The fourth-order valence-corrected chi connectivity index (χ4v) is 0.907. The summed E-state index contributed by atoms with van der Waals surface area (Å²) in [6.45, 7) is 8.01. The first-order chi connectivity index (χ1) is 6.85. The Labute approximate surface area is 86.7 Å². The van der Waals surface area contributed by atoms with Gasteiger partial charge in [-0.2, -0.15) is 5.26 Å². The van der Waals surface area contributed by atoms with Crippen LogP contribution in [0.15, 0.2) is 0 Å². The van der Waals surface area contributed by atoms with Crippen LogP contribution in [-0.2, 0) is 4.74 Å². The van der Waals surface area contributed by atoms with E-state index in [1.165, 1.54) is 0 Å². The Morgan fingerprint density at radius 1 is 1.21 bits per heavy atom. The van der Waals surface area contributed by atoms with Crippen molar-refractivity contribution in [3.05, 3.63) is 0 Å². The van der Waals surface area contributed by atoms with Crippen molar-refractivity contribution in [2.45, 2.75) is 20.3 Å². The maximum atomic E-state index is 8.23. The first-order valence-electron chi connectivity index (χ1n) is 4.97. The molecule has 0 heterocycles. The molecule has 0 saturated heterocycles. The van der Waals surface area contributed by atoms with Gasteiger partial charge in [0.15, 0.2) is 0 Å². The largest absolute Gasteiger partial charge is 0.368 e. The molecule has 0 aliphatic heterocycles. The summed E-state index contributed by atoms with van der Waals surface area (Å²) in [7, 11) is 0. The molecule has 0 bridgehead atoms. The molecule has 3 nitrogen and oxygen atoms in total. The molecule has 0 N–H and O–H groups in total. The summed E-state index contributed by atoms with van der Waals surface area (Å²) in [5.41, 5.74) is 0. The third-order valence-electron chi connectivity index (χ3n) is 1.85. The van der Waals surface area contributed by atoms with E-state index in [1.807, 2.05) is 6.07 Å². The molecule has 0 atom stereocenters. The summed E-state index contributed by atoms with van der Waals surface area (Å²) in [5, 5.41) is 8.23. The molecule has 0 radical (unpaired) electrons. The van der Waals surface area contributed by atoms with Crippen molar-refractivity contribution in [3.63, 3.8) is 0 Å². The lowest BCUT2D eigenvalue weighted by Crippen LogP contribution is -2.22. The number of hydrogen-bond acceptors (Lipinski definition) is 3. The molecular formula is C11H18N2O. The summed E-state index contributed by atoms with van der Waals surface area (Å²) >= 11 is 0. The summed E-state index contributed by atoms with van der Waals surface area (Å²) in [6.07, 6.45) is 0.442. The average molecular weight is 194 g/mol. The standard InChI is InChI=1S/C11H18N2O/c1-3-13(4-2)9-5-6-10-14-11-7-8-12/h3-4,7,9-11H2,1-2H3. The Kier molecular flexibility index (Phi) is 9.31. The quantitative estimate of drug-likeness (QED) is 0.472. The van der Waals surface area contributed by atoms with Gasteiger partial charge in [-0.15, -0.1) is 0 Å². The van der Waals surface area contributed by atoms with Crippen molar-refractivity contribution in [1.82, 2.24) is 4.90 Å². The number of rotatable bonds is 6. The van der Waals surface area contributed by atoms with Gasteiger partial charge in [0.2, 0.25) is 0 Å². The minimum Gasteiger partial charge on any atom is -0.368 e. The maximum absolute atomic E-state index is 8.23. The van der Waals surface area contributed by atoms with E-state index in [0.717, 1.165) is 19.6 Å². The predicted octanol–water partition coefficient (Wildman–Crippen LogP) is 1.26. The zero-order chi connectivity index (χ0) is 10.6. The second-order valence-electron chi connectivity index (χ2n) is 2.78. The highest BCUT2D eigenvalue weighted by atomic mass is 16.5. The van der Waals surface area contributed by atoms with E-state index in [1.54, 1.807) is 0 Å². The molecule has 0 aromatic carbocycles. The van der Waals surface area contributed by atoms with Crippen molar-refractivity contribution in [1.29, 1.82) is 5.26 Å². The maximum Gasteiger partial charge on any atom is 0.107 e. The lowest BCUT2D eigenvalue weighted by molar-refractivity contribution is 0.173. The third-order valence-corrected chi connectivity index (χ3v) is 1.85. The van der Waals surface area contributed by atoms with E-state index in [2.05, 4.69) is 30.6 Å². The number of nitriles is 1. The lowest BCUT2D eigenvalue weighted by atomic mass is 10.4.